The Bertz CT molecular complexity index is 671. The number of pyridine rings is 1. The molecular formula is C15H16N2O4. The maximum Gasteiger partial charge on any atom is 0.338 e. The molecule has 2 aromatic rings. The number of nitrogens with two attached hydrogens (primary N) is 1. The quantitative estimate of drug-likeness (QED) is 0.878. The lowest BCUT2D eigenvalue weighted by Gasteiger charge is -2.11. The van der Waals surface area contributed by atoms with Gasteiger partial charge in [0.05, 0.1) is 24.6 Å². The molecule has 0 spiro atoms. The van der Waals surface area contributed by atoms with Crippen molar-refractivity contribution in [3.05, 3.63) is 41.6 Å². The third-order valence-corrected chi connectivity index (χ3v) is 2.99. The molecule has 0 aliphatic carbocycles. The number of carbonyl (C=O) groups is 1. The van der Waals surface area contributed by atoms with Crippen LogP contribution in [0.3, 0.4) is 0 Å². The standard InChI is InChI=1S/C15H16N2O4/c1-3-9-4-5-12(13(6-9)20-2)21-14-7-10(15(18)19)11(16)8-17-14/h4-8H,3,16H2,1-2H3,(H,18,19). The van der Waals surface area contributed by atoms with Crippen LogP contribution in [0.4, 0.5) is 5.69 Å². The van der Waals surface area contributed by atoms with Crippen molar-refractivity contribution in [2.24, 2.45) is 0 Å². The van der Waals surface area contributed by atoms with Gasteiger partial charge in [-0.25, -0.2) is 9.78 Å². The number of rotatable bonds is 5. The molecule has 0 amide bonds. The maximum absolute atomic E-state index is 11.0. The molecule has 0 saturated heterocycles. The molecule has 0 bridgehead atoms. The highest BCUT2D eigenvalue weighted by atomic mass is 16.5. The average molecular weight is 288 g/mol. The van der Waals surface area contributed by atoms with Gasteiger partial charge in [0.2, 0.25) is 5.88 Å². The first-order valence-electron chi connectivity index (χ1n) is 6.38. The van der Waals surface area contributed by atoms with Crippen LogP contribution in [0, 0.1) is 0 Å². The van der Waals surface area contributed by atoms with Crippen LogP contribution >= 0.6 is 0 Å². The van der Waals surface area contributed by atoms with E-state index in [-0.39, 0.29) is 17.1 Å². The molecule has 0 aliphatic rings. The molecule has 3 N–H and O–H groups in total. The van der Waals surface area contributed by atoms with Gasteiger partial charge in [-0.15, -0.1) is 0 Å². The lowest BCUT2D eigenvalue weighted by molar-refractivity contribution is 0.0697. The van der Waals surface area contributed by atoms with Crippen LogP contribution in [0.5, 0.6) is 17.4 Å². The summed E-state index contributed by atoms with van der Waals surface area (Å²) in [6, 6.07) is 6.82. The second kappa shape index (κ2) is 6.13. The Morgan fingerprint density at radius 1 is 1.33 bits per heavy atom. The Morgan fingerprint density at radius 3 is 2.71 bits per heavy atom. The zero-order valence-electron chi connectivity index (χ0n) is 11.8. The highest BCUT2D eigenvalue weighted by Gasteiger charge is 2.12. The number of nitrogen functional groups attached to an aromatic ring is 1. The molecule has 6 heteroatoms. The number of hydrogen-bond donors (Lipinski definition) is 2. The molecule has 2 rings (SSSR count). The van der Waals surface area contributed by atoms with Crippen LogP contribution < -0.4 is 15.2 Å². The first-order chi connectivity index (χ1) is 10.0. The number of nitrogens with zero attached hydrogens (tertiary/aromatic N) is 1. The van der Waals surface area contributed by atoms with Crippen LogP contribution in [0.25, 0.3) is 0 Å². The molecule has 1 aromatic heterocycles. The van der Waals surface area contributed by atoms with Gasteiger partial charge in [-0.2, -0.15) is 0 Å². The van der Waals surface area contributed by atoms with Gasteiger partial charge in [-0.3, -0.25) is 0 Å². The molecule has 0 unspecified atom stereocenters. The number of anilines is 1. The minimum Gasteiger partial charge on any atom is -0.493 e. The highest BCUT2D eigenvalue weighted by molar-refractivity contribution is 5.93. The van der Waals surface area contributed by atoms with Crippen molar-refractivity contribution in [2.75, 3.05) is 12.8 Å². The van der Waals surface area contributed by atoms with E-state index in [0.717, 1.165) is 12.0 Å². The topological polar surface area (TPSA) is 94.7 Å². The largest absolute Gasteiger partial charge is 0.493 e. The molecule has 110 valence electrons. The summed E-state index contributed by atoms with van der Waals surface area (Å²) in [6.07, 6.45) is 2.13. The summed E-state index contributed by atoms with van der Waals surface area (Å²) in [5.41, 5.74) is 6.70. The fourth-order valence-electron chi connectivity index (χ4n) is 1.82. The molecule has 6 nitrogen and oxygen atoms in total. The van der Waals surface area contributed by atoms with Gasteiger partial charge in [-0.1, -0.05) is 13.0 Å². The number of methoxy groups -OCH3 is 1. The van der Waals surface area contributed by atoms with Gasteiger partial charge in [0.25, 0.3) is 0 Å². The lowest BCUT2D eigenvalue weighted by Crippen LogP contribution is -2.04. The second-order valence-corrected chi connectivity index (χ2v) is 4.36. The Hall–Kier alpha value is -2.76. The van der Waals surface area contributed by atoms with E-state index in [0.29, 0.717) is 11.5 Å². The number of aromatic carboxylic acids is 1. The summed E-state index contributed by atoms with van der Waals surface area (Å²) in [5.74, 6) is 0.0327. The number of carboxylic acid groups (broad SMARTS) is 1. The Morgan fingerprint density at radius 2 is 2.10 bits per heavy atom. The smallest absolute Gasteiger partial charge is 0.338 e. The van der Waals surface area contributed by atoms with E-state index >= 15 is 0 Å². The van der Waals surface area contributed by atoms with E-state index in [9.17, 15) is 4.79 Å². The first kappa shape index (κ1) is 14.6. The van der Waals surface area contributed by atoms with E-state index < -0.39 is 5.97 Å². The average Bonchev–Trinajstić information content (AvgIpc) is 2.49. The Labute approximate surface area is 122 Å². The molecule has 1 aromatic carbocycles. The summed E-state index contributed by atoms with van der Waals surface area (Å²) in [4.78, 5) is 15.0. The van der Waals surface area contributed by atoms with E-state index in [1.165, 1.54) is 12.3 Å². The maximum atomic E-state index is 11.0. The van der Waals surface area contributed by atoms with Gasteiger partial charge in [0.1, 0.15) is 0 Å². The van der Waals surface area contributed by atoms with Crippen molar-refractivity contribution in [1.29, 1.82) is 0 Å². The Kier molecular flexibility index (Phi) is 4.27. The van der Waals surface area contributed by atoms with Crippen LogP contribution in [-0.4, -0.2) is 23.2 Å². The molecule has 21 heavy (non-hydrogen) atoms. The first-order valence-corrected chi connectivity index (χ1v) is 6.38. The van der Waals surface area contributed by atoms with Gasteiger partial charge in [0.15, 0.2) is 11.5 Å². The van der Waals surface area contributed by atoms with Crippen molar-refractivity contribution in [2.45, 2.75) is 13.3 Å². The monoisotopic (exact) mass is 288 g/mol. The number of ether oxygens (including phenoxy) is 2. The van der Waals surface area contributed by atoms with Gasteiger partial charge in [0, 0.05) is 6.07 Å². The van der Waals surface area contributed by atoms with Gasteiger partial charge < -0.3 is 20.3 Å². The van der Waals surface area contributed by atoms with Crippen LogP contribution in [0.1, 0.15) is 22.8 Å². The number of aryl methyl sites for hydroxylation is 1. The minimum atomic E-state index is -1.13. The molecule has 0 saturated carbocycles. The number of aromatic nitrogens is 1. The molecule has 0 aliphatic heterocycles. The van der Waals surface area contributed by atoms with Crippen molar-refractivity contribution in [3.63, 3.8) is 0 Å². The molecule has 1 heterocycles. The predicted octanol–water partition coefficient (Wildman–Crippen LogP) is 2.73. The summed E-state index contributed by atoms with van der Waals surface area (Å²) in [6.45, 7) is 2.04. The SMILES string of the molecule is CCc1ccc(Oc2cc(C(=O)O)c(N)cn2)c(OC)c1. The second-order valence-electron chi connectivity index (χ2n) is 4.36. The molecule has 0 fully saturated rings. The third-order valence-electron chi connectivity index (χ3n) is 2.99. The van der Waals surface area contributed by atoms with Gasteiger partial charge in [-0.05, 0) is 24.1 Å². The number of hydrogen-bond acceptors (Lipinski definition) is 5. The van der Waals surface area contributed by atoms with Crippen molar-refractivity contribution >= 4 is 11.7 Å². The normalized spacial score (nSPS) is 10.2. The number of benzene rings is 1. The summed E-state index contributed by atoms with van der Waals surface area (Å²) in [5, 5.41) is 9.04. The number of carboxylic acids is 1. The summed E-state index contributed by atoms with van der Waals surface area (Å²) in [7, 11) is 1.54. The fourth-order valence-corrected chi connectivity index (χ4v) is 1.82. The van der Waals surface area contributed by atoms with Gasteiger partial charge >= 0.3 is 5.97 Å². The van der Waals surface area contributed by atoms with Crippen molar-refractivity contribution in [3.8, 4) is 17.4 Å². The van der Waals surface area contributed by atoms with Crippen LogP contribution in [0.2, 0.25) is 0 Å². The van der Waals surface area contributed by atoms with E-state index in [4.69, 9.17) is 20.3 Å². The van der Waals surface area contributed by atoms with E-state index in [1.807, 2.05) is 19.1 Å². The molecule has 0 radical (unpaired) electrons. The molecule has 0 atom stereocenters. The fraction of sp³-hybridized carbons (Fsp3) is 0.200. The highest BCUT2D eigenvalue weighted by Crippen LogP contribution is 2.32. The van der Waals surface area contributed by atoms with Crippen LogP contribution in [-0.2, 0) is 6.42 Å². The van der Waals surface area contributed by atoms with Crippen molar-refractivity contribution < 1.29 is 19.4 Å². The third kappa shape index (κ3) is 3.22. The van der Waals surface area contributed by atoms with Crippen molar-refractivity contribution in [1.82, 2.24) is 4.98 Å². The summed E-state index contributed by atoms with van der Waals surface area (Å²) >= 11 is 0. The molecular weight excluding hydrogens is 272 g/mol. The predicted molar refractivity (Wildman–Crippen MR) is 78.1 cm³/mol. The zero-order chi connectivity index (χ0) is 15.4. The zero-order valence-corrected chi connectivity index (χ0v) is 11.8. The minimum absolute atomic E-state index is 0.0517. The van der Waals surface area contributed by atoms with Crippen LogP contribution in [0.15, 0.2) is 30.5 Å². The Balaban J connectivity index is 2.34. The van der Waals surface area contributed by atoms with E-state index in [2.05, 4.69) is 4.98 Å². The summed E-state index contributed by atoms with van der Waals surface area (Å²) < 4.78 is 10.9. The lowest BCUT2D eigenvalue weighted by atomic mass is 10.1. The van der Waals surface area contributed by atoms with E-state index in [1.54, 1.807) is 13.2 Å².